The molecule has 0 atom stereocenters. The summed E-state index contributed by atoms with van der Waals surface area (Å²) in [5.74, 6) is 0.967. The molecule has 0 aliphatic heterocycles. The first-order valence-corrected chi connectivity index (χ1v) is 8.64. The van der Waals surface area contributed by atoms with Crippen molar-refractivity contribution in [2.45, 2.75) is 71.1 Å². The van der Waals surface area contributed by atoms with Gasteiger partial charge in [0.25, 0.3) is 0 Å². The Kier molecular flexibility index (Phi) is 4.10. The molecule has 21 heavy (non-hydrogen) atoms. The summed E-state index contributed by atoms with van der Waals surface area (Å²) in [7, 11) is 0. The van der Waals surface area contributed by atoms with Gasteiger partial charge < -0.3 is 4.98 Å². The monoisotopic (exact) mass is 283 g/mol. The minimum absolute atomic E-state index is 0.228. The number of aryl methyl sites for hydroxylation is 1. The quantitative estimate of drug-likeness (QED) is 0.713. The van der Waals surface area contributed by atoms with Gasteiger partial charge in [0.1, 0.15) is 0 Å². The van der Waals surface area contributed by atoms with E-state index in [0.29, 0.717) is 0 Å². The lowest BCUT2D eigenvalue weighted by Crippen LogP contribution is -2.10. The van der Waals surface area contributed by atoms with Crippen molar-refractivity contribution in [2.24, 2.45) is 5.92 Å². The molecule has 114 valence electrons. The van der Waals surface area contributed by atoms with Crippen molar-refractivity contribution >= 4 is 10.9 Å². The van der Waals surface area contributed by atoms with Gasteiger partial charge in [0.15, 0.2) is 0 Å². The normalized spacial score (nSPS) is 17.5. The Bertz CT molecular complexity index is 594. The number of benzene rings is 1. The Morgan fingerprint density at radius 3 is 2.57 bits per heavy atom. The predicted octanol–water partition coefficient (Wildman–Crippen LogP) is 5.98. The minimum Gasteiger partial charge on any atom is -0.361 e. The van der Waals surface area contributed by atoms with Crippen molar-refractivity contribution in [3.05, 3.63) is 35.5 Å². The number of aromatic nitrogens is 1. The van der Waals surface area contributed by atoms with E-state index in [2.05, 4.69) is 50.2 Å². The third-order valence-electron chi connectivity index (χ3n) is 5.18. The van der Waals surface area contributed by atoms with Crippen LogP contribution in [0.5, 0.6) is 0 Å². The van der Waals surface area contributed by atoms with E-state index in [1.807, 2.05) is 0 Å². The van der Waals surface area contributed by atoms with Crippen LogP contribution >= 0.6 is 0 Å². The Morgan fingerprint density at radius 1 is 1.10 bits per heavy atom. The summed E-state index contributed by atoms with van der Waals surface area (Å²) in [4.78, 5) is 3.45. The number of rotatable bonds is 3. The zero-order chi connectivity index (χ0) is 14.9. The second kappa shape index (κ2) is 5.87. The van der Waals surface area contributed by atoms with E-state index < -0.39 is 0 Å². The summed E-state index contributed by atoms with van der Waals surface area (Å²) in [6.07, 6.45) is 12.1. The second-order valence-corrected chi connectivity index (χ2v) is 7.87. The highest BCUT2D eigenvalue weighted by Crippen LogP contribution is 2.31. The van der Waals surface area contributed by atoms with E-state index in [4.69, 9.17) is 0 Å². The van der Waals surface area contributed by atoms with Gasteiger partial charge in [-0.2, -0.15) is 0 Å². The standard InChI is InChI=1S/C20H29N/c1-20(2,3)17-11-12-19-18(13-17)16(14-21-19)10-9-15-7-5-4-6-8-15/h11-15,21H,4-10H2,1-3H3. The van der Waals surface area contributed by atoms with E-state index in [9.17, 15) is 0 Å². The Labute approximate surface area is 129 Å². The molecule has 1 N–H and O–H groups in total. The summed E-state index contributed by atoms with van der Waals surface area (Å²) in [6, 6.07) is 6.92. The maximum atomic E-state index is 3.45. The fourth-order valence-corrected chi connectivity index (χ4v) is 3.69. The Morgan fingerprint density at radius 2 is 1.86 bits per heavy atom. The van der Waals surface area contributed by atoms with Gasteiger partial charge in [-0.1, -0.05) is 58.9 Å². The van der Waals surface area contributed by atoms with Gasteiger partial charge in [0, 0.05) is 17.1 Å². The Balaban J connectivity index is 1.78. The Hall–Kier alpha value is -1.24. The topological polar surface area (TPSA) is 15.8 Å². The molecular weight excluding hydrogens is 254 g/mol. The smallest absolute Gasteiger partial charge is 0.0456 e. The first kappa shape index (κ1) is 14.7. The molecular formula is C20H29N. The van der Waals surface area contributed by atoms with Gasteiger partial charge in [-0.05, 0) is 47.4 Å². The summed E-state index contributed by atoms with van der Waals surface area (Å²) >= 11 is 0. The molecule has 1 aliphatic rings. The van der Waals surface area contributed by atoms with Crippen molar-refractivity contribution in [3.8, 4) is 0 Å². The number of hydrogen-bond donors (Lipinski definition) is 1. The molecule has 0 bridgehead atoms. The van der Waals surface area contributed by atoms with E-state index in [1.165, 1.54) is 67.0 Å². The van der Waals surface area contributed by atoms with Crippen molar-refractivity contribution in [1.29, 1.82) is 0 Å². The maximum Gasteiger partial charge on any atom is 0.0456 e. The number of H-pyrrole nitrogens is 1. The third kappa shape index (κ3) is 3.33. The van der Waals surface area contributed by atoms with Crippen LogP contribution in [-0.4, -0.2) is 4.98 Å². The number of hydrogen-bond acceptors (Lipinski definition) is 0. The fourth-order valence-electron chi connectivity index (χ4n) is 3.69. The summed E-state index contributed by atoms with van der Waals surface area (Å²) in [6.45, 7) is 6.88. The van der Waals surface area contributed by atoms with Crippen LogP contribution in [0.2, 0.25) is 0 Å². The molecule has 1 heterocycles. The molecule has 0 saturated heterocycles. The van der Waals surface area contributed by atoms with Crippen molar-refractivity contribution in [3.63, 3.8) is 0 Å². The molecule has 1 heteroatoms. The molecule has 0 spiro atoms. The van der Waals surface area contributed by atoms with Crippen LogP contribution in [0.25, 0.3) is 10.9 Å². The van der Waals surface area contributed by atoms with Gasteiger partial charge in [-0.15, -0.1) is 0 Å². The highest BCUT2D eigenvalue weighted by Gasteiger charge is 2.17. The number of aromatic amines is 1. The van der Waals surface area contributed by atoms with Gasteiger partial charge in [-0.25, -0.2) is 0 Å². The third-order valence-corrected chi connectivity index (χ3v) is 5.18. The second-order valence-electron chi connectivity index (χ2n) is 7.87. The van der Waals surface area contributed by atoms with Crippen LogP contribution in [0.15, 0.2) is 24.4 Å². The van der Waals surface area contributed by atoms with Crippen LogP contribution in [0.4, 0.5) is 0 Å². The first-order chi connectivity index (χ1) is 10.0. The zero-order valence-electron chi connectivity index (χ0n) is 13.8. The molecule has 0 radical (unpaired) electrons. The van der Waals surface area contributed by atoms with Crippen molar-refractivity contribution in [1.82, 2.24) is 4.98 Å². The molecule has 2 aromatic rings. The summed E-state index contributed by atoms with van der Waals surface area (Å²) in [5.41, 5.74) is 4.48. The summed E-state index contributed by atoms with van der Waals surface area (Å²) in [5, 5.41) is 1.44. The number of nitrogens with one attached hydrogen (secondary N) is 1. The average Bonchev–Trinajstić information content (AvgIpc) is 2.87. The average molecular weight is 283 g/mol. The SMILES string of the molecule is CC(C)(C)c1ccc2[nH]cc(CCC3CCCCC3)c2c1. The van der Waals surface area contributed by atoms with Crippen LogP contribution in [0.3, 0.4) is 0 Å². The van der Waals surface area contributed by atoms with E-state index >= 15 is 0 Å². The van der Waals surface area contributed by atoms with Crippen LogP contribution < -0.4 is 0 Å². The molecule has 3 rings (SSSR count). The molecule has 1 nitrogen and oxygen atoms in total. The van der Waals surface area contributed by atoms with Crippen LogP contribution in [0.1, 0.15) is 70.4 Å². The van der Waals surface area contributed by atoms with Crippen LogP contribution in [-0.2, 0) is 11.8 Å². The van der Waals surface area contributed by atoms with Gasteiger partial charge in [0.05, 0.1) is 0 Å². The highest BCUT2D eigenvalue weighted by atomic mass is 14.7. The molecule has 0 amide bonds. The van der Waals surface area contributed by atoms with E-state index in [-0.39, 0.29) is 5.41 Å². The van der Waals surface area contributed by atoms with Crippen molar-refractivity contribution < 1.29 is 0 Å². The lowest BCUT2D eigenvalue weighted by Gasteiger charge is -2.21. The maximum absolute atomic E-state index is 3.45. The molecule has 1 aromatic heterocycles. The lowest BCUT2D eigenvalue weighted by atomic mass is 9.84. The molecule has 1 saturated carbocycles. The van der Waals surface area contributed by atoms with Crippen LogP contribution in [0, 0.1) is 5.92 Å². The summed E-state index contributed by atoms with van der Waals surface area (Å²) < 4.78 is 0. The molecule has 0 unspecified atom stereocenters. The molecule has 1 aliphatic carbocycles. The molecule has 1 aromatic carbocycles. The highest BCUT2D eigenvalue weighted by molar-refractivity contribution is 5.84. The minimum atomic E-state index is 0.228. The lowest BCUT2D eigenvalue weighted by molar-refractivity contribution is 0.339. The van der Waals surface area contributed by atoms with Gasteiger partial charge in [-0.3, -0.25) is 0 Å². The van der Waals surface area contributed by atoms with E-state index in [0.717, 1.165) is 5.92 Å². The molecule has 1 fully saturated rings. The largest absolute Gasteiger partial charge is 0.361 e. The van der Waals surface area contributed by atoms with Gasteiger partial charge in [0.2, 0.25) is 0 Å². The van der Waals surface area contributed by atoms with E-state index in [1.54, 1.807) is 0 Å². The van der Waals surface area contributed by atoms with Gasteiger partial charge >= 0.3 is 0 Å². The van der Waals surface area contributed by atoms with Crippen molar-refractivity contribution in [2.75, 3.05) is 0 Å². The number of fused-ring (bicyclic) bond motifs is 1. The first-order valence-electron chi connectivity index (χ1n) is 8.64. The fraction of sp³-hybridized carbons (Fsp3) is 0.600. The predicted molar refractivity (Wildman–Crippen MR) is 91.9 cm³/mol. The zero-order valence-corrected chi connectivity index (χ0v) is 13.8.